The van der Waals surface area contributed by atoms with Crippen molar-refractivity contribution in [2.24, 2.45) is 5.92 Å². The molecular weight excluding hydrogens is 585 g/mol. The van der Waals surface area contributed by atoms with Crippen molar-refractivity contribution in [1.29, 1.82) is 5.26 Å². The molecule has 6 rings (SSSR count). The summed E-state index contributed by atoms with van der Waals surface area (Å²) in [5, 5.41) is 13.6. The number of anilines is 1. The molecule has 2 saturated carbocycles. The van der Waals surface area contributed by atoms with E-state index in [1.54, 1.807) is 18.5 Å². The van der Waals surface area contributed by atoms with Gasteiger partial charge in [0.2, 0.25) is 5.91 Å². The zero-order chi connectivity index (χ0) is 28.8. The maximum Gasteiger partial charge on any atom is 0.225 e. The minimum absolute atomic E-state index is 0.0832. The van der Waals surface area contributed by atoms with Gasteiger partial charge in [-0.15, -0.1) is 11.3 Å². The third kappa shape index (κ3) is 5.96. The lowest BCUT2D eigenvalue weighted by atomic mass is 9.75. The lowest BCUT2D eigenvalue weighted by molar-refractivity contribution is -0.128. The molecule has 1 N–H and O–H groups in total. The molecule has 0 bridgehead atoms. The van der Waals surface area contributed by atoms with Crippen molar-refractivity contribution < 1.29 is 17.6 Å². The number of nitriles is 1. The zero-order valence-corrected chi connectivity index (χ0v) is 24.6. The molecule has 2 aromatic heterocycles. The van der Waals surface area contributed by atoms with Crippen LogP contribution >= 0.6 is 22.9 Å². The molecule has 8 nitrogen and oxygen atoms in total. The smallest absolute Gasteiger partial charge is 0.225 e. The number of halogens is 2. The van der Waals surface area contributed by atoms with Gasteiger partial charge < -0.3 is 10.2 Å². The Kier molecular flexibility index (Phi) is 7.51. The second-order valence-corrected chi connectivity index (χ2v) is 14.9. The fourth-order valence-corrected chi connectivity index (χ4v) is 8.19. The first-order valence-corrected chi connectivity index (χ1v) is 16.7. The largest absolute Gasteiger partial charge is 0.369 e. The van der Waals surface area contributed by atoms with Crippen LogP contribution in [0, 0.1) is 17.2 Å². The first kappa shape index (κ1) is 28.1. The molecule has 3 heterocycles. The van der Waals surface area contributed by atoms with Crippen molar-refractivity contribution >= 4 is 44.4 Å². The van der Waals surface area contributed by atoms with Crippen LogP contribution in [0.2, 0.25) is 5.02 Å². The Morgan fingerprint density at radius 1 is 1.15 bits per heavy atom. The number of sulfone groups is 1. The number of nitrogens with one attached hydrogen (secondary N) is 1. The summed E-state index contributed by atoms with van der Waals surface area (Å²) in [5.74, 6) is -0.991. The number of pyridine rings is 1. The van der Waals surface area contributed by atoms with E-state index < -0.39 is 27.5 Å². The lowest BCUT2D eigenvalue weighted by Gasteiger charge is -2.32. The van der Waals surface area contributed by atoms with Crippen LogP contribution in [0.4, 0.5) is 10.1 Å². The molecule has 3 atom stereocenters. The van der Waals surface area contributed by atoms with Crippen molar-refractivity contribution in [2.75, 3.05) is 29.5 Å². The van der Waals surface area contributed by atoms with Gasteiger partial charge in [-0.1, -0.05) is 23.7 Å². The maximum absolute atomic E-state index is 14.7. The highest BCUT2D eigenvalue weighted by Crippen LogP contribution is 2.47. The molecule has 3 unspecified atom stereocenters. The van der Waals surface area contributed by atoms with E-state index in [0.29, 0.717) is 48.8 Å². The number of aromatic nitrogens is 2. The number of hydrogen-bond donors (Lipinski definition) is 1. The number of alkyl halides is 1. The Morgan fingerprint density at radius 3 is 2.54 bits per heavy atom. The Morgan fingerprint density at radius 2 is 1.88 bits per heavy atom. The number of nitrogens with zero attached hydrogens (tertiary/aromatic N) is 4. The van der Waals surface area contributed by atoms with Crippen LogP contribution in [0.25, 0.3) is 21.0 Å². The van der Waals surface area contributed by atoms with E-state index in [-0.39, 0.29) is 29.8 Å². The monoisotopic (exact) mass is 613 g/mol. The fourth-order valence-electron chi connectivity index (χ4n) is 5.69. The van der Waals surface area contributed by atoms with E-state index in [1.165, 1.54) is 11.3 Å². The molecular formula is C29H29ClFN5O3S2. The maximum atomic E-state index is 14.7. The number of hydrogen-bond acceptors (Lipinski definition) is 8. The van der Waals surface area contributed by atoms with Gasteiger partial charge in [0, 0.05) is 48.6 Å². The van der Waals surface area contributed by atoms with Gasteiger partial charge in [-0.2, -0.15) is 5.26 Å². The van der Waals surface area contributed by atoms with Crippen molar-refractivity contribution in [2.45, 2.75) is 49.7 Å². The zero-order valence-electron chi connectivity index (χ0n) is 22.2. The quantitative estimate of drug-likeness (QED) is 0.408. The summed E-state index contributed by atoms with van der Waals surface area (Å²) >= 11 is 7.70. The highest BCUT2D eigenvalue weighted by atomic mass is 35.5. The first-order valence-electron chi connectivity index (χ1n) is 13.7. The molecule has 3 fully saturated rings. The summed E-state index contributed by atoms with van der Waals surface area (Å²) in [5.41, 5.74) is 2.50. The van der Waals surface area contributed by atoms with Gasteiger partial charge in [-0.05, 0) is 55.9 Å². The fraction of sp³-hybridized carbons (Fsp3) is 0.448. The summed E-state index contributed by atoms with van der Waals surface area (Å²) in [6, 6.07) is 11.9. The van der Waals surface area contributed by atoms with Crippen molar-refractivity contribution in [1.82, 2.24) is 15.3 Å². The van der Waals surface area contributed by atoms with Crippen LogP contribution in [-0.4, -0.2) is 60.6 Å². The van der Waals surface area contributed by atoms with Gasteiger partial charge in [0.25, 0.3) is 0 Å². The van der Waals surface area contributed by atoms with Gasteiger partial charge >= 0.3 is 0 Å². The van der Waals surface area contributed by atoms with E-state index >= 15 is 0 Å². The molecule has 0 spiro atoms. The number of benzene rings is 1. The van der Waals surface area contributed by atoms with Gasteiger partial charge in [0.15, 0.2) is 9.84 Å². The van der Waals surface area contributed by atoms with Crippen molar-refractivity contribution in [3.63, 3.8) is 0 Å². The predicted octanol–water partition coefficient (Wildman–Crippen LogP) is 5.15. The molecule has 214 valence electrons. The Labute approximate surface area is 247 Å². The summed E-state index contributed by atoms with van der Waals surface area (Å²) in [6.45, 7) is 0.902. The molecule has 0 radical (unpaired) electrons. The van der Waals surface area contributed by atoms with Gasteiger partial charge in [-0.3, -0.25) is 9.78 Å². The Bertz CT molecular complexity index is 1600. The van der Waals surface area contributed by atoms with Crippen LogP contribution in [0.15, 0.2) is 42.7 Å². The van der Waals surface area contributed by atoms with E-state index in [1.807, 2.05) is 24.3 Å². The minimum atomic E-state index is -2.99. The predicted molar refractivity (Wildman–Crippen MR) is 157 cm³/mol. The van der Waals surface area contributed by atoms with Crippen LogP contribution in [0.5, 0.6) is 0 Å². The number of carbonyl (C=O) groups is 1. The van der Waals surface area contributed by atoms with Crippen LogP contribution < -0.4 is 10.2 Å². The summed E-state index contributed by atoms with van der Waals surface area (Å²) in [4.78, 5) is 25.6. The topological polar surface area (TPSA) is 116 Å². The molecule has 1 saturated heterocycles. The number of carbonyl (C=O) groups excluding carboxylic acids is 1. The summed E-state index contributed by atoms with van der Waals surface area (Å²) < 4.78 is 38.4. The van der Waals surface area contributed by atoms with Gasteiger partial charge in [-0.25, -0.2) is 17.8 Å². The van der Waals surface area contributed by atoms with E-state index in [0.717, 1.165) is 27.4 Å². The third-order valence-electron chi connectivity index (χ3n) is 8.25. The second-order valence-electron chi connectivity index (χ2n) is 11.1. The normalized spacial score (nSPS) is 24.8. The molecule has 1 aromatic carbocycles. The Balaban J connectivity index is 1.36. The lowest BCUT2D eigenvalue weighted by Crippen LogP contribution is -2.44. The van der Waals surface area contributed by atoms with E-state index in [9.17, 15) is 22.9 Å². The van der Waals surface area contributed by atoms with E-state index in [2.05, 4.69) is 21.3 Å². The molecule has 3 aliphatic rings. The minimum Gasteiger partial charge on any atom is -0.369 e. The highest BCUT2D eigenvalue weighted by Gasteiger charge is 2.48. The van der Waals surface area contributed by atoms with Crippen molar-refractivity contribution in [3.05, 3.63) is 53.4 Å². The average Bonchev–Trinajstić information content (AvgIpc) is 3.59. The first-order chi connectivity index (χ1) is 19.7. The SMILES string of the molecule is N#CC1(NC(=O)C2CC(F)CCC2c2nc(-c3cncc(Cl)c3)sc2-c2ccc(N3CCS(=O)(=O)CC3)cc2)CC1. The summed E-state index contributed by atoms with van der Waals surface area (Å²) in [6.07, 6.45) is 4.24. The highest BCUT2D eigenvalue weighted by molar-refractivity contribution is 7.91. The number of rotatable bonds is 6. The molecule has 12 heteroatoms. The van der Waals surface area contributed by atoms with Crippen LogP contribution in [0.3, 0.4) is 0 Å². The third-order valence-corrected chi connectivity index (χ3v) is 11.2. The summed E-state index contributed by atoms with van der Waals surface area (Å²) in [7, 11) is -2.99. The van der Waals surface area contributed by atoms with Crippen LogP contribution in [-0.2, 0) is 14.6 Å². The van der Waals surface area contributed by atoms with E-state index in [4.69, 9.17) is 16.6 Å². The second kappa shape index (κ2) is 11.0. The Hall–Kier alpha value is -3.07. The number of amides is 1. The molecule has 2 aliphatic carbocycles. The molecule has 1 aliphatic heterocycles. The van der Waals surface area contributed by atoms with Crippen molar-refractivity contribution in [3.8, 4) is 27.1 Å². The standard InChI is InChI=1S/C29H29ClFN5O3S2/c30-20-13-19(15-33-16-20)28-34-25(23-6-3-21(31)14-24(23)27(37)35-29(17-32)7-8-29)26(40-28)18-1-4-22(5-2-18)36-9-11-41(38,39)12-10-36/h1-2,4-5,13,15-16,21,23-24H,3,6-12,14H2,(H,35,37). The average molecular weight is 614 g/mol. The number of thiazole rings is 1. The van der Waals surface area contributed by atoms with Gasteiger partial charge in [0.1, 0.15) is 16.7 Å². The molecule has 41 heavy (non-hydrogen) atoms. The molecule has 3 aromatic rings. The van der Waals surface area contributed by atoms with Gasteiger partial charge in [0.05, 0.1) is 33.2 Å². The van der Waals surface area contributed by atoms with Crippen LogP contribution in [0.1, 0.15) is 43.7 Å². The molecule has 1 amide bonds.